The Bertz CT molecular complexity index is 367. The highest BCUT2D eigenvalue weighted by Gasteiger charge is 2.42. The molecular formula is C15H26N2O3. The van der Waals surface area contributed by atoms with E-state index in [0.29, 0.717) is 25.7 Å². The molecule has 2 rings (SSSR count). The van der Waals surface area contributed by atoms with Crippen LogP contribution in [0.5, 0.6) is 0 Å². The van der Waals surface area contributed by atoms with Crippen LogP contribution in [0.2, 0.25) is 0 Å². The summed E-state index contributed by atoms with van der Waals surface area (Å²) < 4.78 is 5.06. The van der Waals surface area contributed by atoms with E-state index in [1.165, 1.54) is 0 Å². The number of esters is 2. The van der Waals surface area contributed by atoms with Gasteiger partial charge < -0.3 is 16.2 Å². The van der Waals surface area contributed by atoms with E-state index in [-0.39, 0.29) is 0 Å². The van der Waals surface area contributed by atoms with E-state index in [1.54, 1.807) is 0 Å². The minimum atomic E-state index is -1.00. The summed E-state index contributed by atoms with van der Waals surface area (Å²) in [6.45, 7) is 0. The molecule has 2 aliphatic rings. The predicted molar refractivity (Wildman–Crippen MR) is 75.7 cm³/mol. The molecule has 0 amide bonds. The second kappa shape index (κ2) is 6.22. The van der Waals surface area contributed by atoms with Gasteiger partial charge in [-0.1, -0.05) is 44.9 Å². The van der Waals surface area contributed by atoms with Crippen molar-refractivity contribution in [1.82, 2.24) is 0 Å². The van der Waals surface area contributed by atoms with Gasteiger partial charge in [-0.2, -0.15) is 0 Å². The first-order valence-corrected chi connectivity index (χ1v) is 7.81. The summed E-state index contributed by atoms with van der Waals surface area (Å²) in [6.07, 6.45) is 9.27. The monoisotopic (exact) mass is 282 g/mol. The Morgan fingerprint density at radius 3 is 1.30 bits per heavy atom. The standard InChI is InChI=1S/C15H26N2O3/c16-14(8-4-1-2-5-9-14)12(18)20-13(19)15(17)10-6-3-7-11-15/h1-11,16-17H2. The van der Waals surface area contributed by atoms with E-state index in [1.807, 2.05) is 0 Å². The fraction of sp³-hybridized carbons (Fsp3) is 0.867. The molecule has 0 aromatic heterocycles. The van der Waals surface area contributed by atoms with Crippen molar-refractivity contribution in [1.29, 1.82) is 0 Å². The molecule has 0 aromatic carbocycles. The van der Waals surface area contributed by atoms with Crippen LogP contribution in [0.3, 0.4) is 0 Å². The molecule has 2 aliphatic carbocycles. The third-order valence-corrected chi connectivity index (χ3v) is 4.74. The summed E-state index contributed by atoms with van der Waals surface area (Å²) in [5, 5.41) is 0. The Labute approximate surface area is 120 Å². The molecule has 0 aromatic rings. The molecule has 0 unspecified atom stereocenters. The highest BCUT2D eigenvalue weighted by molar-refractivity contribution is 5.94. The smallest absolute Gasteiger partial charge is 0.333 e. The molecule has 5 nitrogen and oxygen atoms in total. The summed E-state index contributed by atoms with van der Waals surface area (Å²) >= 11 is 0. The highest BCUT2D eigenvalue weighted by atomic mass is 16.6. The molecule has 4 N–H and O–H groups in total. The molecule has 20 heavy (non-hydrogen) atoms. The molecule has 0 saturated heterocycles. The lowest BCUT2D eigenvalue weighted by Gasteiger charge is -2.32. The summed E-state index contributed by atoms with van der Waals surface area (Å²) in [6, 6.07) is 0. The van der Waals surface area contributed by atoms with Crippen molar-refractivity contribution in [3.8, 4) is 0 Å². The van der Waals surface area contributed by atoms with E-state index >= 15 is 0 Å². The number of nitrogens with two attached hydrogens (primary N) is 2. The van der Waals surface area contributed by atoms with Gasteiger partial charge in [0, 0.05) is 0 Å². The molecular weight excluding hydrogens is 256 g/mol. The van der Waals surface area contributed by atoms with Crippen molar-refractivity contribution in [2.45, 2.75) is 81.7 Å². The molecule has 2 fully saturated rings. The second-order valence-electron chi connectivity index (χ2n) is 6.46. The van der Waals surface area contributed by atoms with E-state index in [9.17, 15) is 9.59 Å². The lowest BCUT2D eigenvalue weighted by atomic mass is 9.82. The predicted octanol–water partition coefficient (Wildman–Crippen LogP) is 1.77. The molecule has 0 radical (unpaired) electrons. The molecule has 114 valence electrons. The van der Waals surface area contributed by atoms with Gasteiger partial charge >= 0.3 is 11.9 Å². The first-order valence-electron chi connectivity index (χ1n) is 7.81. The Hall–Kier alpha value is -0.940. The third kappa shape index (κ3) is 3.38. The lowest BCUT2D eigenvalue weighted by Crippen LogP contribution is -2.55. The van der Waals surface area contributed by atoms with Crippen LogP contribution < -0.4 is 11.5 Å². The zero-order valence-electron chi connectivity index (χ0n) is 12.2. The average Bonchev–Trinajstić information content (AvgIpc) is 2.65. The first kappa shape index (κ1) is 15.4. The topological polar surface area (TPSA) is 95.4 Å². The maximum absolute atomic E-state index is 12.2. The van der Waals surface area contributed by atoms with Crippen molar-refractivity contribution >= 4 is 11.9 Å². The van der Waals surface area contributed by atoms with E-state index in [4.69, 9.17) is 16.2 Å². The number of hydrogen-bond donors (Lipinski definition) is 2. The maximum Gasteiger partial charge on any atom is 0.333 e. The van der Waals surface area contributed by atoms with Gasteiger partial charge in [0.15, 0.2) is 0 Å². The highest BCUT2D eigenvalue weighted by Crippen LogP contribution is 2.29. The zero-order valence-corrected chi connectivity index (χ0v) is 12.2. The van der Waals surface area contributed by atoms with E-state index < -0.39 is 23.0 Å². The Morgan fingerprint density at radius 1 is 0.650 bits per heavy atom. The fourth-order valence-corrected chi connectivity index (χ4v) is 3.24. The molecule has 0 aliphatic heterocycles. The van der Waals surface area contributed by atoms with Crippen molar-refractivity contribution < 1.29 is 14.3 Å². The first-order chi connectivity index (χ1) is 9.46. The van der Waals surface area contributed by atoms with E-state index in [2.05, 4.69) is 0 Å². The van der Waals surface area contributed by atoms with Crippen molar-refractivity contribution in [2.75, 3.05) is 0 Å². The molecule has 2 saturated carbocycles. The van der Waals surface area contributed by atoms with Gasteiger partial charge in [0.05, 0.1) is 0 Å². The normalized spacial score (nSPS) is 25.5. The SMILES string of the molecule is NC1(C(=O)OC(=O)C2(N)CCCCC2)CCCCCC1. The number of carbonyl (C=O) groups excluding carboxylic acids is 2. The van der Waals surface area contributed by atoms with Gasteiger partial charge in [-0.25, -0.2) is 9.59 Å². The number of ether oxygens (including phenoxy) is 1. The van der Waals surface area contributed by atoms with Crippen LogP contribution in [0.25, 0.3) is 0 Å². The van der Waals surface area contributed by atoms with Gasteiger partial charge in [-0.15, -0.1) is 0 Å². The molecule has 0 bridgehead atoms. The minimum absolute atomic E-state index is 0.584. The lowest BCUT2D eigenvalue weighted by molar-refractivity contribution is -0.168. The second-order valence-corrected chi connectivity index (χ2v) is 6.46. The average molecular weight is 282 g/mol. The van der Waals surface area contributed by atoms with Gasteiger partial charge in [0.1, 0.15) is 11.1 Å². The van der Waals surface area contributed by atoms with Gasteiger partial charge in [-0.05, 0) is 25.7 Å². The number of carbonyl (C=O) groups is 2. The van der Waals surface area contributed by atoms with Crippen molar-refractivity contribution in [3.63, 3.8) is 0 Å². The van der Waals surface area contributed by atoms with Crippen molar-refractivity contribution in [3.05, 3.63) is 0 Å². The maximum atomic E-state index is 12.2. The van der Waals surface area contributed by atoms with Crippen LogP contribution in [0.15, 0.2) is 0 Å². The van der Waals surface area contributed by atoms with Gasteiger partial charge in [0.2, 0.25) is 0 Å². The Morgan fingerprint density at radius 2 is 0.950 bits per heavy atom. The van der Waals surface area contributed by atoms with Crippen molar-refractivity contribution in [2.24, 2.45) is 11.5 Å². The van der Waals surface area contributed by atoms with Crippen LogP contribution in [-0.2, 0) is 14.3 Å². The summed E-state index contributed by atoms with van der Waals surface area (Å²) in [5.41, 5.74) is 10.2. The Kier molecular flexibility index (Phi) is 4.81. The van der Waals surface area contributed by atoms with E-state index in [0.717, 1.165) is 44.9 Å². The van der Waals surface area contributed by atoms with Gasteiger partial charge in [0.25, 0.3) is 0 Å². The quantitative estimate of drug-likeness (QED) is 0.457. The van der Waals surface area contributed by atoms with Crippen LogP contribution in [0, 0.1) is 0 Å². The fourth-order valence-electron chi connectivity index (χ4n) is 3.24. The summed E-state index contributed by atoms with van der Waals surface area (Å²) in [5.74, 6) is -1.17. The summed E-state index contributed by atoms with van der Waals surface area (Å²) in [4.78, 5) is 24.4. The van der Waals surface area contributed by atoms with Crippen LogP contribution in [0.4, 0.5) is 0 Å². The molecule has 5 heteroatoms. The largest absolute Gasteiger partial charge is 0.390 e. The third-order valence-electron chi connectivity index (χ3n) is 4.74. The van der Waals surface area contributed by atoms with Gasteiger partial charge in [-0.3, -0.25) is 0 Å². The molecule has 0 atom stereocenters. The molecule has 0 heterocycles. The van der Waals surface area contributed by atoms with Crippen LogP contribution in [0.1, 0.15) is 70.6 Å². The minimum Gasteiger partial charge on any atom is -0.390 e. The van der Waals surface area contributed by atoms with Crippen LogP contribution in [-0.4, -0.2) is 23.0 Å². The number of rotatable bonds is 2. The summed E-state index contributed by atoms with van der Waals surface area (Å²) in [7, 11) is 0. The van der Waals surface area contributed by atoms with Crippen LogP contribution >= 0.6 is 0 Å². The Balaban J connectivity index is 1.97. The zero-order chi connectivity index (χ0) is 14.6. The number of hydrogen-bond acceptors (Lipinski definition) is 5. The molecule has 0 spiro atoms.